The monoisotopic (exact) mass is 403 g/mol. The SMILES string of the molecule is CC(C)N(C(=O)COC(=O)c1ccccc1OCc1ccccc1)c1ccccc1. The molecule has 0 radical (unpaired) electrons. The van der Waals surface area contributed by atoms with Crippen LogP contribution in [0.3, 0.4) is 0 Å². The van der Waals surface area contributed by atoms with Crippen LogP contribution in [-0.4, -0.2) is 24.5 Å². The number of amides is 1. The fraction of sp³-hybridized carbons (Fsp3) is 0.200. The summed E-state index contributed by atoms with van der Waals surface area (Å²) in [6.45, 7) is 3.82. The Kier molecular flexibility index (Phi) is 7.22. The standard InChI is InChI=1S/C25H25NO4/c1-19(2)26(21-13-7-4-8-14-21)24(27)18-30-25(28)22-15-9-10-16-23(22)29-17-20-11-5-3-6-12-20/h3-16,19H,17-18H2,1-2H3. The van der Waals surface area contributed by atoms with E-state index in [9.17, 15) is 9.59 Å². The number of carbonyl (C=O) groups excluding carboxylic acids is 2. The first kappa shape index (κ1) is 21.1. The quantitative estimate of drug-likeness (QED) is 0.504. The molecule has 3 rings (SSSR count). The highest BCUT2D eigenvalue weighted by molar-refractivity contribution is 5.98. The van der Waals surface area contributed by atoms with Crippen LogP contribution in [-0.2, 0) is 16.1 Å². The van der Waals surface area contributed by atoms with Gasteiger partial charge in [0.1, 0.15) is 17.9 Å². The van der Waals surface area contributed by atoms with Crippen molar-refractivity contribution in [2.24, 2.45) is 0 Å². The number of hydrogen-bond acceptors (Lipinski definition) is 4. The van der Waals surface area contributed by atoms with Crippen molar-refractivity contribution in [3.8, 4) is 5.75 Å². The zero-order valence-corrected chi connectivity index (χ0v) is 17.2. The van der Waals surface area contributed by atoms with Crippen LogP contribution in [0.25, 0.3) is 0 Å². The summed E-state index contributed by atoms with van der Waals surface area (Å²) in [5.41, 5.74) is 2.04. The molecule has 1 amide bonds. The molecule has 0 bridgehead atoms. The molecule has 30 heavy (non-hydrogen) atoms. The Balaban J connectivity index is 1.65. The van der Waals surface area contributed by atoms with Gasteiger partial charge in [-0.15, -0.1) is 0 Å². The van der Waals surface area contributed by atoms with Crippen molar-refractivity contribution in [1.82, 2.24) is 0 Å². The van der Waals surface area contributed by atoms with Crippen molar-refractivity contribution in [1.29, 1.82) is 0 Å². The minimum atomic E-state index is -0.594. The third kappa shape index (κ3) is 5.47. The zero-order chi connectivity index (χ0) is 21.3. The molecular formula is C25H25NO4. The summed E-state index contributed by atoms with van der Waals surface area (Å²) < 4.78 is 11.1. The van der Waals surface area contributed by atoms with Gasteiger partial charge in [0.05, 0.1) is 0 Å². The molecule has 5 heteroatoms. The number of ether oxygens (including phenoxy) is 2. The Labute approximate surface area is 176 Å². The lowest BCUT2D eigenvalue weighted by Gasteiger charge is -2.26. The number of benzene rings is 3. The molecule has 0 atom stereocenters. The lowest BCUT2D eigenvalue weighted by atomic mass is 10.2. The molecular weight excluding hydrogens is 378 g/mol. The van der Waals surface area contributed by atoms with Crippen molar-refractivity contribution < 1.29 is 19.1 Å². The van der Waals surface area contributed by atoms with Gasteiger partial charge in [0.15, 0.2) is 6.61 Å². The van der Waals surface area contributed by atoms with E-state index in [0.717, 1.165) is 11.3 Å². The topological polar surface area (TPSA) is 55.8 Å². The van der Waals surface area contributed by atoms with E-state index in [1.165, 1.54) is 0 Å². The minimum Gasteiger partial charge on any atom is -0.488 e. The second kappa shape index (κ2) is 10.3. The molecule has 0 unspecified atom stereocenters. The van der Waals surface area contributed by atoms with Crippen LogP contribution in [0.2, 0.25) is 0 Å². The van der Waals surface area contributed by atoms with Crippen LogP contribution in [0.4, 0.5) is 5.69 Å². The van der Waals surface area contributed by atoms with Crippen LogP contribution in [0, 0.1) is 0 Å². The summed E-state index contributed by atoms with van der Waals surface area (Å²) in [4.78, 5) is 27.0. The van der Waals surface area contributed by atoms with E-state index in [1.54, 1.807) is 29.2 Å². The summed E-state index contributed by atoms with van der Waals surface area (Å²) in [7, 11) is 0. The first-order chi connectivity index (χ1) is 14.6. The van der Waals surface area contributed by atoms with Gasteiger partial charge in [-0.2, -0.15) is 0 Å². The van der Waals surface area contributed by atoms with Crippen molar-refractivity contribution in [3.05, 3.63) is 96.1 Å². The van der Waals surface area contributed by atoms with E-state index in [1.807, 2.05) is 74.5 Å². The lowest BCUT2D eigenvalue weighted by molar-refractivity contribution is -0.122. The van der Waals surface area contributed by atoms with Crippen molar-refractivity contribution in [3.63, 3.8) is 0 Å². The Morgan fingerprint density at radius 3 is 2.10 bits per heavy atom. The Hall–Kier alpha value is -3.60. The predicted molar refractivity (Wildman–Crippen MR) is 117 cm³/mol. The summed E-state index contributed by atoms with van der Waals surface area (Å²) >= 11 is 0. The minimum absolute atomic E-state index is 0.0694. The molecule has 0 heterocycles. The maximum atomic E-state index is 12.7. The fourth-order valence-corrected chi connectivity index (χ4v) is 3.09. The van der Waals surface area contributed by atoms with E-state index < -0.39 is 5.97 Å². The van der Waals surface area contributed by atoms with Crippen molar-refractivity contribution >= 4 is 17.6 Å². The Morgan fingerprint density at radius 2 is 1.43 bits per heavy atom. The normalized spacial score (nSPS) is 10.5. The number of rotatable bonds is 8. The number of nitrogens with zero attached hydrogens (tertiary/aromatic N) is 1. The second-order valence-electron chi connectivity index (χ2n) is 7.04. The summed E-state index contributed by atoms with van der Waals surface area (Å²) in [5, 5.41) is 0. The van der Waals surface area contributed by atoms with E-state index in [2.05, 4.69) is 0 Å². The van der Waals surface area contributed by atoms with E-state index in [-0.39, 0.29) is 24.1 Å². The first-order valence-corrected chi connectivity index (χ1v) is 9.86. The molecule has 0 spiro atoms. The van der Waals surface area contributed by atoms with Gasteiger partial charge in [-0.05, 0) is 43.7 Å². The largest absolute Gasteiger partial charge is 0.488 e. The van der Waals surface area contributed by atoms with Gasteiger partial charge < -0.3 is 14.4 Å². The molecule has 154 valence electrons. The van der Waals surface area contributed by atoms with Crippen LogP contribution in [0.1, 0.15) is 29.8 Å². The highest BCUT2D eigenvalue weighted by atomic mass is 16.5. The maximum absolute atomic E-state index is 12.7. The highest BCUT2D eigenvalue weighted by Crippen LogP contribution is 2.21. The van der Waals surface area contributed by atoms with Crippen molar-refractivity contribution in [2.75, 3.05) is 11.5 Å². The molecule has 3 aromatic carbocycles. The van der Waals surface area contributed by atoms with Gasteiger partial charge in [-0.3, -0.25) is 4.79 Å². The van der Waals surface area contributed by atoms with Gasteiger partial charge in [0.25, 0.3) is 5.91 Å². The zero-order valence-electron chi connectivity index (χ0n) is 17.2. The smallest absolute Gasteiger partial charge is 0.342 e. The molecule has 5 nitrogen and oxygen atoms in total. The van der Waals surface area contributed by atoms with E-state index >= 15 is 0 Å². The predicted octanol–water partition coefficient (Wildman–Crippen LogP) is 4.86. The van der Waals surface area contributed by atoms with Gasteiger partial charge in [0.2, 0.25) is 0 Å². The van der Waals surface area contributed by atoms with Crippen LogP contribution < -0.4 is 9.64 Å². The number of carbonyl (C=O) groups is 2. The summed E-state index contributed by atoms with van der Waals surface area (Å²) in [5.74, 6) is -0.460. The fourth-order valence-electron chi connectivity index (χ4n) is 3.09. The lowest BCUT2D eigenvalue weighted by Crippen LogP contribution is -2.39. The molecule has 0 aliphatic rings. The van der Waals surface area contributed by atoms with Crippen molar-refractivity contribution in [2.45, 2.75) is 26.5 Å². The second-order valence-corrected chi connectivity index (χ2v) is 7.04. The number of para-hydroxylation sites is 2. The van der Waals surface area contributed by atoms with E-state index in [4.69, 9.17) is 9.47 Å². The van der Waals surface area contributed by atoms with Gasteiger partial charge in [-0.25, -0.2) is 4.79 Å². The average molecular weight is 403 g/mol. The Morgan fingerprint density at radius 1 is 0.833 bits per heavy atom. The molecule has 0 fully saturated rings. The van der Waals surface area contributed by atoms with Crippen LogP contribution >= 0.6 is 0 Å². The molecule has 0 aromatic heterocycles. The van der Waals surface area contributed by atoms with Gasteiger partial charge >= 0.3 is 5.97 Å². The molecule has 0 saturated heterocycles. The number of esters is 1. The highest BCUT2D eigenvalue weighted by Gasteiger charge is 2.22. The third-order valence-electron chi connectivity index (χ3n) is 4.49. The summed E-state index contributed by atoms with van der Waals surface area (Å²) in [6, 6.07) is 25.8. The van der Waals surface area contributed by atoms with Crippen LogP contribution in [0.15, 0.2) is 84.9 Å². The molecule has 0 aliphatic heterocycles. The maximum Gasteiger partial charge on any atom is 0.342 e. The van der Waals surface area contributed by atoms with Gasteiger partial charge in [-0.1, -0.05) is 60.7 Å². The van der Waals surface area contributed by atoms with Gasteiger partial charge in [0, 0.05) is 11.7 Å². The number of anilines is 1. The average Bonchev–Trinajstić information content (AvgIpc) is 2.77. The molecule has 0 N–H and O–H groups in total. The van der Waals surface area contributed by atoms with E-state index in [0.29, 0.717) is 12.4 Å². The third-order valence-corrected chi connectivity index (χ3v) is 4.49. The van der Waals surface area contributed by atoms with Crippen LogP contribution in [0.5, 0.6) is 5.75 Å². The first-order valence-electron chi connectivity index (χ1n) is 9.86. The molecule has 0 aliphatic carbocycles. The Bertz CT molecular complexity index is 971. The summed E-state index contributed by atoms with van der Waals surface area (Å²) in [6.07, 6.45) is 0. The molecule has 3 aromatic rings. The number of hydrogen-bond donors (Lipinski definition) is 0. The molecule has 0 saturated carbocycles.